The summed E-state index contributed by atoms with van der Waals surface area (Å²) in [5.74, 6) is 0.318. The molecule has 0 radical (unpaired) electrons. The van der Waals surface area contributed by atoms with Gasteiger partial charge in [-0.1, -0.05) is 23.2 Å². The van der Waals surface area contributed by atoms with Gasteiger partial charge in [0.1, 0.15) is 11.9 Å². The van der Waals surface area contributed by atoms with E-state index in [1.54, 1.807) is 23.1 Å². The quantitative estimate of drug-likeness (QED) is 0.749. The van der Waals surface area contributed by atoms with Crippen LogP contribution in [0.25, 0.3) is 0 Å². The molecule has 8 heteroatoms. The summed E-state index contributed by atoms with van der Waals surface area (Å²) in [5, 5.41) is 0.894. The number of carbonyl (C=O) groups excluding carboxylic acids is 1. The van der Waals surface area contributed by atoms with Gasteiger partial charge in [0.2, 0.25) is 0 Å². The largest absolute Gasteiger partial charge is 0.482 e. The zero-order valence-electron chi connectivity index (χ0n) is 15.2. The molecule has 0 saturated carbocycles. The summed E-state index contributed by atoms with van der Waals surface area (Å²) >= 11 is 11.9. The summed E-state index contributed by atoms with van der Waals surface area (Å²) in [4.78, 5) is 22.8. The molecule has 27 heavy (non-hydrogen) atoms. The van der Waals surface area contributed by atoms with E-state index < -0.39 is 0 Å². The van der Waals surface area contributed by atoms with Crippen LogP contribution in [-0.4, -0.2) is 46.6 Å². The molecule has 1 atom stereocenters. The van der Waals surface area contributed by atoms with Gasteiger partial charge in [0, 0.05) is 23.0 Å². The number of rotatable bonds is 5. The van der Waals surface area contributed by atoms with Crippen LogP contribution in [0, 0.1) is 13.8 Å². The highest BCUT2D eigenvalue weighted by molar-refractivity contribution is 6.35. The number of amides is 1. The molecular formula is C19H21Cl2N3O3. The zero-order chi connectivity index (χ0) is 19.4. The molecule has 1 saturated heterocycles. The van der Waals surface area contributed by atoms with Crippen molar-refractivity contribution >= 4 is 29.1 Å². The highest BCUT2D eigenvalue weighted by Crippen LogP contribution is 2.27. The fourth-order valence-corrected chi connectivity index (χ4v) is 3.44. The number of aryl methyl sites for hydroxylation is 2. The fraction of sp³-hybridized carbons (Fsp3) is 0.421. The van der Waals surface area contributed by atoms with Gasteiger partial charge in [-0.2, -0.15) is 0 Å². The molecular weight excluding hydrogens is 389 g/mol. The molecule has 6 nitrogen and oxygen atoms in total. The Morgan fingerprint density at radius 1 is 1.22 bits per heavy atom. The smallest absolute Gasteiger partial charge is 0.317 e. The van der Waals surface area contributed by atoms with Crippen molar-refractivity contribution in [3.05, 3.63) is 45.7 Å². The van der Waals surface area contributed by atoms with E-state index in [1.165, 1.54) is 0 Å². The number of nitrogens with zero attached hydrogens (tertiary/aromatic N) is 3. The van der Waals surface area contributed by atoms with Crippen LogP contribution < -0.4 is 9.47 Å². The topological polar surface area (TPSA) is 64.5 Å². The van der Waals surface area contributed by atoms with Crippen LogP contribution in [-0.2, 0) is 4.79 Å². The summed E-state index contributed by atoms with van der Waals surface area (Å²) in [5.41, 5.74) is 1.71. The van der Waals surface area contributed by atoms with Crippen molar-refractivity contribution in [2.24, 2.45) is 0 Å². The molecule has 1 aliphatic heterocycles. The zero-order valence-corrected chi connectivity index (χ0v) is 16.8. The first kappa shape index (κ1) is 19.7. The number of hydrogen-bond acceptors (Lipinski definition) is 5. The highest BCUT2D eigenvalue weighted by atomic mass is 35.5. The van der Waals surface area contributed by atoms with Crippen LogP contribution in [0.4, 0.5) is 0 Å². The van der Waals surface area contributed by atoms with Crippen LogP contribution >= 0.6 is 23.2 Å². The predicted octanol–water partition coefficient (Wildman–Crippen LogP) is 3.85. The van der Waals surface area contributed by atoms with E-state index in [-0.39, 0.29) is 18.6 Å². The van der Waals surface area contributed by atoms with Crippen molar-refractivity contribution in [3.8, 4) is 11.8 Å². The Morgan fingerprint density at radius 3 is 2.67 bits per heavy atom. The minimum atomic E-state index is -0.136. The van der Waals surface area contributed by atoms with Crippen molar-refractivity contribution in [2.75, 3.05) is 19.7 Å². The fourth-order valence-electron chi connectivity index (χ4n) is 2.98. The Balaban J connectivity index is 1.56. The number of carbonyl (C=O) groups is 1. The predicted molar refractivity (Wildman–Crippen MR) is 104 cm³/mol. The van der Waals surface area contributed by atoms with Crippen molar-refractivity contribution in [1.82, 2.24) is 14.9 Å². The lowest BCUT2D eigenvalue weighted by molar-refractivity contribution is -0.136. The number of likely N-dealkylation sites (tertiary alicyclic amines) is 1. The van der Waals surface area contributed by atoms with Crippen molar-refractivity contribution in [1.29, 1.82) is 0 Å². The van der Waals surface area contributed by atoms with Crippen LogP contribution in [0.2, 0.25) is 10.0 Å². The molecule has 1 aromatic carbocycles. The van der Waals surface area contributed by atoms with Crippen molar-refractivity contribution in [2.45, 2.75) is 32.8 Å². The lowest BCUT2D eigenvalue weighted by atomic mass is 10.1. The average molecular weight is 410 g/mol. The van der Waals surface area contributed by atoms with Gasteiger partial charge >= 0.3 is 6.01 Å². The first-order valence-corrected chi connectivity index (χ1v) is 9.51. The maximum atomic E-state index is 12.5. The Hall–Kier alpha value is -2.05. The van der Waals surface area contributed by atoms with E-state index in [2.05, 4.69) is 9.97 Å². The van der Waals surface area contributed by atoms with Gasteiger partial charge in [-0.3, -0.25) is 4.79 Å². The normalized spacial score (nSPS) is 16.9. The molecule has 1 fully saturated rings. The van der Waals surface area contributed by atoms with E-state index in [4.69, 9.17) is 32.7 Å². The number of benzene rings is 1. The van der Waals surface area contributed by atoms with Gasteiger partial charge in [0.15, 0.2) is 6.61 Å². The molecule has 0 spiro atoms. The van der Waals surface area contributed by atoms with E-state index in [1.807, 2.05) is 19.9 Å². The maximum Gasteiger partial charge on any atom is 0.317 e. The lowest BCUT2D eigenvalue weighted by Gasteiger charge is -2.32. The highest BCUT2D eigenvalue weighted by Gasteiger charge is 2.26. The molecule has 3 rings (SSSR count). The Morgan fingerprint density at radius 2 is 1.96 bits per heavy atom. The third-order valence-electron chi connectivity index (χ3n) is 4.21. The molecule has 0 aliphatic carbocycles. The van der Waals surface area contributed by atoms with Crippen molar-refractivity contribution in [3.63, 3.8) is 0 Å². The summed E-state index contributed by atoms with van der Waals surface area (Å²) < 4.78 is 11.4. The molecule has 2 heterocycles. The Labute approximate surface area is 168 Å². The van der Waals surface area contributed by atoms with E-state index in [0.717, 1.165) is 24.2 Å². The van der Waals surface area contributed by atoms with Gasteiger partial charge in [0.05, 0.1) is 11.6 Å². The minimum absolute atomic E-state index is 0.0892. The second kappa shape index (κ2) is 8.76. The third kappa shape index (κ3) is 5.47. The van der Waals surface area contributed by atoms with Crippen LogP contribution in [0.5, 0.6) is 11.8 Å². The summed E-state index contributed by atoms with van der Waals surface area (Å²) in [6.07, 6.45) is 1.57. The van der Waals surface area contributed by atoms with E-state index >= 15 is 0 Å². The molecule has 1 aromatic heterocycles. The number of hydrogen-bond donors (Lipinski definition) is 0. The lowest BCUT2D eigenvalue weighted by Crippen LogP contribution is -2.46. The molecule has 2 aromatic rings. The first-order valence-electron chi connectivity index (χ1n) is 8.75. The second-order valence-corrected chi connectivity index (χ2v) is 7.36. The van der Waals surface area contributed by atoms with Crippen LogP contribution in [0.1, 0.15) is 24.2 Å². The van der Waals surface area contributed by atoms with Crippen molar-refractivity contribution < 1.29 is 14.3 Å². The number of piperidine rings is 1. The molecule has 1 aliphatic rings. The number of aromatic nitrogens is 2. The maximum absolute atomic E-state index is 12.5. The first-order chi connectivity index (χ1) is 12.9. The van der Waals surface area contributed by atoms with Gasteiger partial charge in [0.25, 0.3) is 5.91 Å². The van der Waals surface area contributed by atoms with Gasteiger partial charge in [-0.25, -0.2) is 9.97 Å². The Bertz CT molecular complexity index is 812. The van der Waals surface area contributed by atoms with Crippen LogP contribution in [0.15, 0.2) is 24.3 Å². The van der Waals surface area contributed by atoms with E-state index in [0.29, 0.717) is 34.9 Å². The molecule has 144 valence electrons. The Kier molecular flexibility index (Phi) is 6.39. The molecule has 1 amide bonds. The number of halogens is 2. The van der Waals surface area contributed by atoms with Gasteiger partial charge in [-0.05, 0) is 51.0 Å². The van der Waals surface area contributed by atoms with E-state index in [9.17, 15) is 4.79 Å². The van der Waals surface area contributed by atoms with Gasteiger partial charge < -0.3 is 14.4 Å². The van der Waals surface area contributed by atoms with Gasteiger partial charge in [-0.15, -0.1) is 0 Å². The summed E-state index contributed by atoms with van der Waals surface area (Å²) in [7, 11) is 0. The molecule has 0 bridgehead atoms. The standard InChI is InChI=1S/C19H21Cl2N3O3/c1-12-8-13(2)23-19(22-12)27-15-4-3-7-24(10-15)18(25)11-26-17-6-5-14(20)9-16(17)21/h5-6,8-9,15H,3-4,7,10-11H2,1-2H3. The van der Waals surface area contributed by atoms with Crippen LogP contribution in [0.3, 0.4) is 0 Å². The monoisotopic (exact) mass is 409 g/mol. The molecule has 1 unspecified atom stereocenters. The number of ether oxygens (including phenoxy) is 2. The summed E-state index contributed by atoms with van der Waals surface area (Å²) in [6, 6.07) is 7.15. The molecule has 0 N–H and O–H groups in total. The third-order valence-corrected chi connectivity index (χ3v) is 4.74. The minimum Gasteiger partial charge on any atom is -0.482 e. The SMILES string of the molecule is Cc1cc(C)nc(OC2CCCN(C(=O)COc3ccc(Cl)cc3Cl)C2)n1. The summed E-state index contributed by atoms with van der Waals surface area (Å²) in [6.45, 7) is 4.86. The average Bonchev–Trinajstić information content (AvgIpc) is 2.60. The second-order valence-electron chi connectivity index (χ2n) is 6.52.